The summed E-state index contributed by atoms with van der Waals surface area (Å²) in [5, 5.41) is 5.87. The van der Waals surface area contributed by atoms with Crippen LogP contribution in [0.3, 0.4) is 0 Å². The molecule has 0 aliphatic carbocycles. The minimum atomic E-state index is -0.358. The second-order valence-corrected chi connectivity index (χ2v) is 7.78. The SMILES string of the molecule is CC.C[C@@H]1CCCC2CC[C@H](NC(=O)CN)C(=O)N21.[Os]=[CH]NCc1ccccc1. The van der Waals surface area contributed by atoms with Gasteiger partial charge >= 0.3 is 70.6 Å². The summed E-state index contributed by atoms with van der Waals surface area (Å²) in [6, 6.07) is 10.7. The molecule has 0 spiro atoms. The molecule has 2 saturated heterocycles. The zero-order chi connectivity index (χ0) is 21.6. The van der Waals surface area contributed by atoms with Crippen molar-refractivity contribution in [2.75, 3.05) is 6.54 Å². The standard InChI is InChI=1S/C12H21N3O2.C8H9N.C2H6.Os/c1-8-3-2-4-9-5-6-10(12(17)15(8)9)14-11(16)7-13;1-9-7-8-5-3-2-4-6-8;1-2;/h8-10H,2-7,13H2,1H3,(H,14,16);1-6,9H,7H2;1-2H3;/t8-,9?,10+;;;/m1.../s1. The van der Waals surface area contributed by atoms with Gasteiger partial charge in [-0.25, -0.2) is 0 Å². The van der Waals surface area contributed by atoms with Gasteiger partial charge in [-0.1, -0.05) is 13.8 Å². The molecule has 0 bridgehead atoms. The molecule has 6 nitrogen and oxygen atoms in total. The molecule has 2 aliphatic rings. The van der Waals surface area contributed by atoms with Gasteiger partial charge in [0.15, 0.2) is 0 Å². The first-order valence-corrected chi connectivity index (χ1v) is 12.0. The number of amides is 2. The van der Waals surface area contributed by atoms with Gasteiger partial charge in [-0.2, -0.15) is 0 Å². The third-order valence-corrected chi connectivity index (χ3v) is 5.63. The Morgan fingerprint density at radius 1 is 1.21 bits per heavy atom. The number of nitrogens with one attached hydrogen (secondary N) is 2. The molecular weight excluding hydrogens is 542 g/mol. The maximum absolute atomic E-state index is 12.3. The monoisotopic (exact) mass is 580 g/mol. The summed E-state index contributed by atoms with van der Waals surface area (Å²) in [6.45, 7) is 6.98. The molecule has 2 aliphatic heterocycles. The van der Waals surface area contributed by atoms with Gasteiger partial charge in [-0.3, -0.25) is 9.59 Å². The first-order chi connectivity index (χ1) is 14.1. The van der Waals surface area contributed by atoms with Crippen molar-refractivity contribution < 1.29 is 27.7 Å². The number of carbonyl (C=O) groups is 2. The van der Waals surface area contributed by atoms with Crippen molar-refractivity contribution in [3.8, 4) is 0 Å². The number of rotatable bonds is 5. The molecule has 3 atom stereocenters. The molecule has 29 heavy (non-hydrogen) atoms. The van der Waals surface area contributed by atoms with Gasteiger partial charge in [0.1, 0.15) is 6.04 Å². The predicted molar refractivity (Wildman–Crippen MR) is 115 cm³/mol. The van der Waals surface area contributed by atoms with Crippen LogP contribution in [0.5, 0.6) is 0 Å². The van der Waals surface area contributed by atoms with Crippen molar-refractivity contribution in [2.24, 2.45) is 5.73 Å². The molecule has 2 fully saturated rings. The summed E-state index contributed by atoms with van der Waals surface area (Å²) in [7, 11) is 0. The maximum atomic E-state index is 12.3. The fourth-order valence-electron chi connectivity index (χ4n) is 3.77. The summed E-state index contributed by atoms with van der Waals surface area (Å²) in [5.41, 5.74) is 6.58. The molecule has 0 radical (unpaired) electrons. The van der Waals surface area contributed by atoms with Crippen molar-refractivity contribution in [1.82, 2.24) is 15.5 Å². The van der Waals surface area contributed by atoms with Crippen LogP contribution in [-0.2, 0) is 34.3 Å². The molecule has 2 amide bonds. The molecule has 1 aromatic carbocycles. The van der Waals surface area contributed by atoms with Crippen molar-refractivity contribution in [1.29, 1.82) is 0 Å². The Bertz CT molecular complexity index is 626. The topological polar surface area (TPSA) is 87.5 Å². The van der Waals surface area contributed by atoms with Gasteiger partial charge in [0.25, 0.3) is 0 Å². The molecule has 164 valence electrons. The quantitative estimate of drug-likeness (QED) is 0.500. The van der Waals surface area contributed by atoms with E-state index in [0.29, 0.717) is 12.1 Å². The Kier molecular flexibility index (Phi) is 12.9. The van der Waals surface area contributed by atoms with Crippen LogP contribution >= 0.6 is 0 Å². The van der Waals surface area contributed by atoms with Crippen LogP contribution in [0.15, 0.2) is 30.3 Å². The normalized spacial score (nSPS) is 22.9. The Balaban J connectivity index is 0.000000299. The van der Waals surface area contributed by atoms with Gasteiger partial charge in [-0.05, 0) is 39.0 Å². The molecule has 0 aromatic heterocycles. The number of carbonyl (C=O) groups excluding carboxylic acids is 2. The van der Waals surface area contributed by atoms with Crippen molar-refractivity contribution in [2.45, 2.75) is 77.5 Å². The van der Waals surface area contributed by atoms with Crippen LogP contribution in [0.2, 0.25) is 0 Å². The predicted octanol–water partition coefficient (Wildman–Crippen LogP) is 2.10. The van der Waals surface area contributed by atoms with E-state index in [9.17, 15) is 9.59 Å². The second kappa shape index (κ2) is 14.6. The third-order valence-electron chi connectivity index (χ3n) is 5.11. The van der Waals surface area contributed by atoms with E-state index in [1.54, 1.807) is 0 Å². The summed E-state index contributed by atoms with van der Waals surface area (Å²) in [5.74, 6) is -0.165. The summed E-state index contributed by atoms with van der Waals surface area (Å²) in [6.07, 6.45) is 5.12. The molecule has 3 rings (SSSR count). The van der Waals surface area contributed by atoms with Crippen LogP contribution in [-0.4, -0.2) is 46.1 Å². The van der Waals surface area contributed by atoms with E-state index < -0.39 is 0 Å². The molecule has 4 N–H and O–H groups in total. The Labute approximate surface area is 185 Å². The zero-order valence-electron chi connectivity index (χ0n) is 17.8. The average molecular weight is 579 g/mol. The number of benzene rings is 1. The van der Waals surface area contributed by atoms with Gasteiger partial charge in [-0.15, -0.1) is 0 Å². The van der Waals surface area contributed by atoms with E-state index in [1.165, 1.54) is 12.0 Å². The van der Waals surface area contributed by atoms with Crippen LogP contribution in [0.1, 0.15) is 58.4 Å². The molecular formula is C22H36N4O2Os. The number of piperidine rings is 2. The summed E-state index contributed by atoms with van der Waals surface area (Å²) in [4.78, 5) is 25.5. The fourth-order valence-corrected chi connectivity index (χ4v) is 4.03. The molecule has 2 heterocycles. The Hall–Kier alpha value is -1.41. The number of nitrogens with two attached hydrogens (primary N) is 1. The molecule has 7 heteroatoms. The fraction of sp³-hybridized carbons (Fsp3) is 0.591. The average Bonchev–Trinajstić information content (AvgIpc) is 2.76. The van der Waals surface area contributed by atoms with E-state index in [2.05, 4.69) is 41.8 Å². The number of hydrogen-bond donors (Lipinski definition) is 3. The van der Waals surface area contributed by atoms with Crippen LogP contribution in [0.4, 0.5) is 0 Å². The second-order valence-electron chi connectivity index (χ2n) is 7.05. The van der Waals surface area contributed by atoms with E-state index in [0.717, 1.165) is 32.2 Å². The Morgan fingerprint density at radius 2 is 1.90 bits per heavy atom. The summed E-state index contributed by atoms with van der Waals surface area (Å²) < 4.78 is 1.98. The van der Waals surface area contributed by atoms with Crippen LogP contribution in [0.25, 0.3) is 0 Å². The van der Waals surface area contributed by atoms with Crippen molar-refractivity contribution >= 4 is 16.5 Å². The van der Waals surface area contributed by atoms with E-state index in [1.807, 2.05) is 47.7 Å². The first kappa shape index (κ1) is 25.6. The first-order valence-electron chi connectivity index (χ1n) is 10.6. The Morgan fingerprint density at radius 3 is 2.52 bits per heavy atom. The number of nitrogens with zero attached hydrogens (tertiary/aromatic N) is 1. The van der Waals surface area contributed by atoms with E-state index in [-0.39, 0.29) is 24.4 Å². The third kappa shape index (κ3) is 8.46. The van der Waals surface area contributed by atoms with Crippen LogP contribution in [0, 0.1) is 0 Å². The summed E-state index contributed by atoms with van der Waals surface area (Å²) >= 11 is 1.81. The molecule has 1 aromatic rings. The van der Waals surface area contributed by atoms with E-state index in [4.69, 9.17) is 5.73 Å². The zero-order valence-corrected chi connectivity index (χ0v) is 20.4. The molecule has 1 unspecified atom stereocenters. The number of hydrogen-bond acceptors (Lipinski definition) is 4. The van der Waals surface area contributed by atoms with Crippen LogP contribution < -0.4 is 16.4 Å². The van der Waals surface area contributed by atoms with E-state index >= 15 is 0 Å². The van der Waals surface area contributed by atoms with Crippen molar-refractivity contribution in [3.05, 3.63) is 35.9 Å². The van der Waals surface area contributed by atoms with Crippen molar-refractivity contribution in [3.63, 3.8) is 0 Å². The minimum absolute atomic E-state index is 0.0528. The number of fused-ring (bicyclic) bond motifs is 1. The van der Waals surface area contributed by atoms with Gasteiger partial charge in [0, 0.05) is 12.1 Å². The molecule has 0 saturated carbocycles. The van der Waals surface area contributed by atoms with Gasteiger partial charge < -0.3 is 16.0 Å². The van der Waals surface area contributed by atoms with Gasteiger partial charge in [0.2, 0.25) is 11.8 Å². The van der Waals surface area contributed by atoms with Gasteiger partial charge in [0.05, 0.1) is 6.54 Å².